The monoisotopic (exact) mass is 403 g/mol. The fourth-order valence-corrected chi connectivity index (χ4v) is 6.40. The van der Waals surface area contributed by atoms with Crippen molar-refractivity contribution < 1.29 is 4.74 Å². The zero-order chi connectivity index (χ0) is 20.1. The molecule has 1 fully saturated rings. The molecule has 2 aromatic rings. The second kappa shape index (κ2) is 7.49. The molecule has 2 atom stereocenters. The maximum atomic E-state index is 5.90. The third-order valence-electron chi connectivity index (χ3n) is 7.84. The molecule has 4 heteroatoms. The number of hydrogen-bond donors (Lipinski definition) is 0. The van der Waals surface area contributed by atoms with Gasteiger partial charge in [0.25, 0.3) is 0 Å². The number of rotatable bonds is 5. The van der Waals surface area contributed by atoms with E-state index < -0.39 is 0 Å². The number of anilines is 2. The van der Waals surface area contributed by atoms with E-state index in [9.17, 15) is 0 Å². The first-order valence-electron chi connectivity index (χ1n) is 11.9. The molecular formula is C26H33N3O. The SMILES string of the molecule is CCN1CCN2c3c(cccc31)[C@H]1CN(CCCc3cccc4c3OCC4)CC[C@H]12. The van der Waals surface area contributed by atoms with Crippen molar-refractivity contribution in [3.05, 3.63) is 53.1 Å². The molecule has 1 saturated heterocycles. The lowest BCUT2D eigenvalue weighted by molar-refractivity contribution is 0.191. The van der Waals surface area contributed by atoms with Crippen LogP contribution in [0.25, 0.3) is 0 Å². The summed E-state index contributed by atoms with van der Waals surface area (Å²) in [6.45, 7) is 10.3. The van der Waals surface area contributed by atoms with Crippen molar-refractivity contribution in [2.45, 2.75) is 44.6 Å². The van der Waals surface area contributed by atoms with Gasteiger partial charge in [0.15, 0.2) is 0 Å². The molecule has 4 aliphatic heterocycles. The van der Waals surface area contributed by atoms with E-state index in [0.29, 0.717) is 12.0 Å². The summed E-state index contributed by atoms with van der Waals surface area (Å²) in [5.74, 6) is 1.86. The highest BCUT2D eigenvalue weighted by molar-refractivity contribution is 5.81. The van der Waals surface area contributed by atoms with E-state index >= 15 is 0 Å². The highest BCUT2D eigenvalue weighted by Crippen LogP contribution is 2.50. The van der Waals surface area contributed by atoms with Gasteiger partial charge >= 0.3 is 0 Å². The van der Waals surface area contributed by atoms with Gasteiger partial charge in [-0.15, -0.1) is 0 Å². The van der Waals surface area contributed by atoms with Crippen molar-refractivity contribution in [2.75, 3.05) is 55.7 Å². The summed E-state index contributed by atoms with van der Waals surface area (Å²) >= 11 is 0. The van der Waals surface area contributed by atoms with Crippen LogP contribution in [0, 0.1) is 0 Å². The molecule has 4 aliphatic rings. The first-order valence-corrected chi connectivity index (χ1v) is 11.9. The van der Waals surface area contributed by atoms with Gasteiger partial charge in [0.05, 0.1) is 18.0 Å². The summed E-state index contributed by atoms with van der Waals surface area (Å²) in [5.41, 5.74) is 7.44. The minimum atomic E-state index is 0.676. The van der Waals surface area contributed by atoms with E-state index in [4.69, 9.17) is 4.74 Å². The minimum Gasteiger partial charge on any atom is -0.493 e. The molecule has 4 heterocycles. The molecule has 0 amide bonds. The van der Waals surface area contributed by atoms with Gasteiger partial charge in [-0.3, -0.25) is 0 Å². The molecule has 0 radical (unpaired) electrons. The molecule has 0 spiro atoms. The van der Waals surface area contributed by atoms with Crippen molar-refractivity contribution >= 4 is 11.4 Å². The van der Waals surface area contributed by atoms with Crippen molar-refractivity contribution in [3.63, 3.8) is 0 Å². The normalized spacial score (nSPS) is 24.4. The summed E-state index contributed by atoms with van der Waals surface area (Å²) in [6.07, 6.45) is 4.73. The average molecular weight is 404 g/mol. The predicted octanol–water partition coefficient (Wildman–Crippen LogP) is 4.07. The molecule has 2 aromatic carbocycles. The van der Waals surface area contributed by atoms with Crippen molar-refractivity contribution in [3.8, 4) is 5.75 Å². The fraction of sp³-hybridized carbons (Fsp3) is 0.538. The highest BCUT2D eigenvalue weighted by atomic mass is 16.5. The van der Waals surface area contributed by atoms with Gasteiger partial charge in [-0.05, 0) is 55.5 Å². The Morgan fingerprint density at radius 3 is 2.93 bits per heavy atom. The van der Waals surface area contributed by atoms with Gasteiger partial charge in [-0.1, -0.05) is 30.3 Å². The van der Waals surface area contributed by atoms with E-state index in [0.717, 1.165) is 26.0 Å². The Morgan fingerprint density at radius 1 is 1.07 bits per heavy atom. The summed E-state index contributed by atoms with van der Waals surface area (Å²) in [7, 11) is 0. The van der Waals surface area contributed by atoms with Crippen LogP contribution in [-0.2, 0) is 12.8 Å². The molecule has 0 bridgehead atoms. The van der Waals surface area contributed by atoms with E-state index in [1.54, 1.807) is 11.3 Å². The highest BCUT2D eigenvalue weighted by Gasteiger charge is 2.44. The number of hydrogen-bond acceptors (Lipinski definition) is 4. The quantitative estimate of drug-likeness (QED) is 0.749. The maximum absolute atomic E-state index is 5.90. The van der Waals surface area contributed by atoms with Crippen LogP contribution < -0.4 is 14.5 Å². The second-order valence-corrected chi connectivity index (χ2v) is 9.36. The van der Waals surface area contributed by atoms with Gasteiger partial charge in [0.1, 0.15) is 5.75 Å². The first-order chi connectivity index (χ1) is 14.8. The Bertz CT molecular complexity index is 942. The maximum Gasteiger partial charge on any atom is 0.125 e. The lowest BCUT2D eigenvalue weighted by atomic mass is 9.89. The number of likely N-dealkylation sites (tertiary alicyclic amines) is 1. The minimum absolute atomic E-state index is 0.676. The lowest BCUT2D eigenvalue weighted by Crippen LogP contribution is -2.49. The van der Waals surface area contributed by atoms with Gasteiger partial charge in [0, 0.05) is 51.1 Å². The molecule has 4 nitrogen and oxygen atoms in total. The average Bonchev–Trinajstić information content (AvgIpc) is 3.39. The van der Waals surface area contributed by atoms with Crippen molar-refractivity contribution in [1.29, 1.82) is 0 Å². The van der Waals surface area contributed by atoms with Crippen LogP contribution in [0.2, 0.25) is 0 Å². The van der Waals surface area contributed by atoms with Crippen LogP contribution in [0.5, 0.6) is 5.75 Å². The number of likely N-dealkylation sites (N-methyl/N-ethyl adjacent to an activating group) is 1. The second-order valence-electron chi connectivity index (χ2n) is 9.36. The number of benzene rings is 2. The number of piperidine rings is 1. The smallest absolute Gasteiger partial charge is 0.125 e. The third-order valence-corrected chi connectivity index (χ3v) is 7.84. The Labute approximate surface area is 180 Å². The number of ether oxygens (including phenoxy) is 1. The lowest BCUT2D eigenvalue weighted by Gasteiger charge is -2.42. The molecule has 0 unspecified atom stereocenters. The van der Waals surface area contributed by atoms with Crippen molar-refractivity contribution in [2.24, 2.45) is 0 Å². The largest absolute Gasteiger partial charge is 0.493 e. The van der Waals surface area contributed by atoms with Crippen LogP contribution in [-0.4, -0.2) is 56.8 Å². The van der Waals surface area contributed by atoms with Crippen LogP contribution in [0.4, 0.5) is 11.4 Å². The number of aryl methyl sites for hydroxylation is 1. The molecule has 0 aliphatic carbocycles. The first kappa shape index (κ1) is 18.6. The zero-order valence-corrected chi connectivity index (χ0v) is 18.1. The molecule has 0 saturated carbocycles. The number of fused-ring (bicyclic) bond motifs is 4. The molecule has 158 valence electrons. The Balaban J connectivity index is 1.14. The van der Waals surface area contributed by atoms with E-state index in [-0.39, 0.29) is 0 Å². The van der Waals surface area contributed by atoms with E-state index in [1.807, 2.05) is 0 Å². The number of nitrogens with zero attached hydrogens (tertiary/aromatic N) is 3. The Morgan fingerprint density at radius 2 is 2.00 bits per heavy atom. The molecule has 30 heavy (non-hydrogen) atoms. The van der Waals surface area contributed by atoms with Crippen LogP contribution >= 0.6 is 0 Å². The predicted molar refractivity (Wildman–Crippen MR) is 123 cm³/mol. The third kappa shape index (κ3) is 2.91. The summed E-state index contributed by atoms with van der Waals surface area (Å²) in [4.78, 5) is 8.04. The van der Waals surface area contributed by atoms with Crippen LogP contribution in [0.15, 0.2) is 36.4 Å². The van der Waals surface area contributed by atoms with Gasteiger partial charge < -0.3 is 19.4 Å². The molecular weight excluding hydrogens is 370 g/mol. The standard InChI is InChI=1S/C26H33N3O/c1-2-28-15-16-29-23-11-14-27(18-22(23)21-9-4-10-24(28)25(21)29)13-5-8-19-6-3-7-20-12-17-30-26(19)20/h3-4,6-7,9-10,22-23H,2,5,8,11-18H2,1H3/t22-,23-/m1/s1. The fourth-order valence-electron chi connectivity index (χ4n) is 6.40. The van der Waals surface area contributed by atoms with Crippen molar-refractivity contribution in [1.82, 2.24) is 4.90 Å². The van der Waals surface area contributed by atoms with Gasteiger partial charge in [0.2, 0.25) is 0 Å². The summed E-state index contributed by atoms with van der Waals surface area (Å²) in [5, 5.41) is 0. The Hall–Kier alpha value is -2.20. The molecule has 6 rings (SSSR count). The molecule has 0 N–H and O–H groups in total. The Kier molecular flexibility index (Phi) is 4.63. The van der Waals surface area contributed by atoms with Gasteiger partial charge in [-0.2, -0.15) is 0 Å². The van der Waals surface area contributed by atoms with E-state index in [2.05, 4.69) is 58.0 Å². The van der Waals surface area contributed by atoms with E-state index in [1.165, 1.54) is 68.1 Å². The zero-order valence-electron chi connectivity index (χ0n) is 18.1. The van der Waals surface area contributed by atoms with Crippen LogP contribution in [0.3, 0.4) is 0 Å². The van der Waals surface area contributed by atoms with Crippen LogP contribution in [0.1, 0.15) is 42.4 Å². The summed E-state index contributed by atoms with van der Waals surface area (Å²) < 4.78 is 5.90. The molecule has 0 aromatic heterocycles. The number of para-hydroxylation sites is 2. The summed E-state index contributed by atoms with van der Waals surface area (Å²) in [6, 6.07) is 14.4. The topological polar surface area (TPSA) is 19.0 Å². The van der Waals surface area contributed by atoms with Gasteiger partial charge in [-0.25, -0.2) is 0 Å².